The Hall–Kier alpha value is -2.58. The van der Waals surface area contributed by atoms with Crippen LogP contribution in [-0.4, -0.2) is 56.7 Å². The van der Waals surface area contributed by atoms with Crippen LogP contribution in [0.4, 0.5) is 8.78 Å². The smallest absolute Gasteiger partial charge is 0.387 e. The van der Waals surface area contributed by atoms with Crippen LogP contribution in [0.15, 0.2) is 23.2 Å². The molecule has 7 nitrogen and oxygen atoms in total. The van der Waals surface area contributed by atoms with Gasteiger partial charge in [0.15, 0.2) is 5.96 Å². The summed E-state index contributed by atoms with van der Waals surface area (Å²) < 4.78 is 35.7. The van der Waals surface area contributed by atoms with E-state index in [9.17, 15) is 13.6 Å². The van der Waals surface area contributed by atoms with Crippen molar-refractivity contribution >= 4 is 11.9 Å². The number of carbonyl (C=O) groups excluding carboxylic acids is 1. The summed E-state index contributed by atoms with van der Waals surface area (Å²) >= 11 is 0. The molecule has 1 aliphatic heterocycles. The van der Waals surface area contributed by atoms with Crippen molar-refractivity contribution in [1.82, 2.24) is 15.5 Å². The summed E-state index contributed by atoms with van der Waals surface area (Å²) in [5.74, 6) is 0.943. The zero-order valence-electron chi connectivity index (χ0n) is 17.0. The van der Waals surface area contributed by atoms with E-state index in [1.807, 2.05) is 11.8 Å². The Labute approximate surface area is 170 Å². The van der Waals surface area contributed by atoms with Gasteiger partial charge in [0.05, 0.1) is 13.2 Å². The summed E-state index contributed by atoms with van der Waals surface area (Å²) in [6.07, 6.45) is 4.03. The highest BCUT2D eigenvalue weighted by molar-refractivity contribution is 5.86. The van der Waals surface area contributed by atoms with Crippen LogP contribution in [-0.2, 0) is 11.3 Å². The highest BCUT2D eigenvalue weighted by Gasteiger charge is 2.17. The van der Waals surface area contributed by atoms with Gasteiger partial charge in [0.2, 0.25) is 5.91 Å². The second kappa shape index (κ2) is 12.1. The molecule has 1 aromatic rings. The Morgan fingerprint density at radius 1 is 1.24 bits per heavy atom. The molecule has 0 aliphatic carbocycles. The average molecular weight is 412 g/mol. The van der Waals surface area contributed by atoms with Crippen LogP contribution >= 0.6 is 0 Å². The van der Waals surface area contributed by atoms with Gasteiger partial charge < -0.3 is 25.0 Å². The molecule has 0 bridgehead atoms. The molecule has 0 spiro atoms. The standard InChI is InChI=1S/C20H30F2N4O3/c1-3-11-28-16-8-7-15(17(12-16)29-19(21)22)13-24-20(23-2)25-14-18(27)26-9-5-4-6-10-26/h7-8,12,19H,3-6,9-11,13-14H2,1-2H3,(H2,23,24,25). The third kappa shape index (κ3) is 7.75. The van der Waals surface area contributed by atoms with Crippen LogP contribution < -0.4 is 20.1 Å². The van der Waals surface area contributed by atoms with E-state index in [0.717, 1.165) is 38.8 Å². The SMILES string of the molecule is CCCOc1ccc(CNC(=NC)NCC(=O)N2CCCCC2)c(OC(F)F)c1. The predicted molar refractivity (Wildman–Crippen MR) is 107 cm³/mol. The number of hydrogen-bond donors (Lipinski definition) is 2. The van der Waals surface area contributed by atoms with Gasteiger partial charge in [-0.25, -0.2) is 0 Å². The Bertz CT molecular complexity index is 680. The minimum absolute atomic E-state index is 0.0202. The molecule has 1 fully saturated rings. The second-order valence-corrected chi connectivity index (χ2v) is 6.72. The molecule has 0 aromatic heterocycles. The van der Waals surface area contributed by atoms with Gasteiger partial charge in [-0.2, -0.15) is 8.78 Å². The zero-order valence-corrected chi connectivity index (χ0v) is 17.0. The maximum absolute atomic E-state index is 12.8. The van der Waals surface area contributed by atoms with E-state index in [1.54, 1.807) is 19.2 Å². The molecule has 1 heterocycles. The lowest BCUT2D eigenvalue weighted by atomic mass is 10.1. The lowest BCUT2D eigenvalue weighted by molar-refractivity contribution is -0.130. The highest BCUT2D eigenvalue weighted by atomic mass is 19.3. The van der Waals surface area contributed by atoms with E-state index in [2.05, 4.69) is 20.4 Å². The van der Waals surface area contributed by atoms with E-state index in [1.165, 1.54) is 6.07 Å². The molecule has 2 N–H and O–H groups in total. The molecule has 0 radical (unpaired) electrons. The highest BCUT2D eigenvalue weighted by Crippen LogP contribution is 2.26. The van der Waals surface area contributed by atoms with E-state index in [0.29, 0.717) is 23.9 Å². The van der Waals surface area contributed by atoms with Crippen LogP contribution in [0, 0.1) is 0 Å². The fourth-order valence-electron chi connectivity index (χ4n) is 3.01. The number of piperidine rings is 1. The molecule has 1 saturated heterocycles. The van der Waals surface area contributed by atoms with Gasteiger partial charge in [0.1, 0.15) is 11.5 Å². The topological polar surface area (TPSA) is 75.2 Å². The molecule has 0 unspecified atom stereocenters. The molecule has 2 rings (SSSR count). The minimum Gasteiger partial charge on any atom is -0.493 e. The van der Waals surface area contributed by atoms with Crippen molar-refractivity contribution in [1.29, 1.82) is 0 Å². The normalized spacial score (nSPS) is 14.7. The van der Waals surface area contributed by atoms with Gasteiger partial charge in [-0.3, -0.25) is 9.79 Å². The molecule has 162 valence electrons. The van der Waals surface area contributed by atoms with E-state index >= 15 is 0 Å². The fraction of sp³-hybridized carbons (Fsp3) is 0.600. The molecule has 1 aromatic carbocycles. The number of halogens is 2. The maximum atomic E-state index is 12.8. The van der Waals surface area contributed by atoms with Crippen molar-refractivity contribution in [2.24, 2.45) is 4.99 Å². The fourth-order valence-corrected chi connectivity index (χ4v) is 3.01. The van der Waals surface area contributed by atoms with Gasteiger partial charge in [-0.05, 0) is 37.8 Å². The van der Waals surface area contributed by atoms with E-state index in [4.69, 9.17) is 4.74 Å². The number of aliphatic imine (C=N–C) groups is 1. The van der Waals surface area contributed by atoms with Crippen LogP contribution in [0.25, 0.3) is 0 Å². The number of ether oxygens (including phenoxy) is 2. The van der Waals surface area contributed by atoms with Crippen LogP contribution in [0.3, 0.4) is 0 Å². The number of carbonyl (C=O) groups is 1. The summed E-state index contributed by atoms with van der Waals surface area (Å²) in [6.45, 7) is 1.42. The lowest BCUT2D eigenvalue weighted by Crippen LogP contribution is -2.45. The monoisotopic (exact) mass is 412 g/mol. The number of amides is 1. The van der Waals surface area contributed by atoms with Crippen molar-refractivity contribution in [2.45, 2.75) is 45.8 Å². The Morgan fingerprint density at radius 2 is 2.00 bits per heavy atom. The molecule has 9 heteroatoms. The zero-order chi connectivity index (χ0) is 21.1. The quantitative estimate of drug-likeness (QED) is 0.482. The summed E-state index contributed by atoms with van der Waals surface area (Å²) in [7, 11) is 1.58. The number of guanidine groups is 1. The van der Waals surface area contributed by atoms with Crippen LogP contribution in [0.2, 0.25) is 0 Å². The van der Waals surface area contributed by atoms with Gasteiger partial charge in [0.25, 0.3) is 0 Å². The first-order valence-electron chi connectivity index (χ1n) is 9.96. The third-order valence-corrected chi connectivity index (χ3v) is 4.51. The number of rotatable bonds is 9. The van der Waals surface area contributed by atoms with Crippen molar-refractivity contribution in [3.8, 4) is 11.5 Å². The van der Waals surface area contributed by atoms with Crippen molar-refractivity contribution in [3.05, 3.63) is 23.8 Å². The Kier molecular flexibility index (Phi) is 9.46. The van der Waals surface area contributed by atoms with Crippen molar-refractivity contribution in [3.63, 3.8) is 0 Å². The van der Waals surface area contributed by atoms with Crippen molar-refractivity contribution in [2.75, 3.05) is 33.3 Å². The van der Waals surface area contributed by atoms with Crippen molar-refractivity contribution < 1.29 is 23.0 Å². The lowest BCUT2D eigenvalue weighted by Gasteiger charge is -2.27. The molecule has 29 heavy (non-hydrogen) atoms. The van der Waals surface area contributed by atoms with E-state index in [-0.39, 0.29) is 24.7 Å². The Morgan fingerprint density at radius 3 is 2.66 bits per heavy atom. The molecule has 1 amide bonds. The number of nitrogens with zero attached hydrogens (tertiary/aromatic N) is 2. The first kappa shape index (κ1) is 22.7. The number of nitrogens with one attached hydrogen (secondary N) is 2. The van der Waals surface area contributed by atoms with Gasteiger partial charge in [-0.15, -0.1) is 0 Å². The van der Waals surface area contributed by atoms with Crippen LogP contribution in [0.5, 0.6) is 11.5 Å². The second-order valence-electron chi connectivity index (χ2n) is 6.72. The number of alkyl halides is 2. The summed E-state index contributed by atoms with van der Waals surface area (Å²) in [4.78, 5) is 18.2. The predicted octanol–water partition coefficient (Wildman–Crippen LogP) is 2.75. The van der Waals surface area contributed by atoms with Gasteiger partial charge in [-0.1, -0.05) is 6.92 Å². The largest absolute Gasteiger partial charge is 0.493 e. The van der Waals surface area contributed by atoms with Gasteiger partial charge >= 0.3 is 6.61 Å². The first-order chi connectivity index (χ1) is 14.0. The maximum Gasteiger partial charge on any atom is 0.387 e. The average Bonchev–Trinajstić information content (AvgIpc) is 2.73. The van der Waals surface area contributed by atoms with Crippen LogP contribution in [0.1, 0.15) is 38.2 Å². The summed E-state index contributed by atoms with van der Waals surface area (Å²) in [5, 5.41) is 5.99. The summed E-state index contributed by atoms with van der Waals surface area (Å²) in [6, 6.07) is 4.83. The number of benzene rings is 1. The molecule has 1 aliphatic rings. The molecular formula is C20H30F2N4O3. The number of likely N-dealkylation sites (tertiary alicyclic amines) is 1. The van der Waals surface area contributed by atoms with Gasteiger partial charge in [0, 0.05) is 38.3 Å². The Balaban J connectivity index is 1.92. The molecular weight excluding hydrogens is 382 g/mol. The van der Waals surface area contributed by atoms with E-state index < -0.39 is 6.61 Å². The first-order valence-corrected chi connectivity index (χ1v) is 9.96. The molecule has 0 saturated carbocycles. The molecule has 0 atom stereocenters. The number of hydrogen-bond acceptors (Lipinski definition) is 4. The minimum atomic E-state index is -2.94. The third-order valence-electron chi connectivity index (χ3n) is 4.51. The summed E-state index contributed by atoms with van der Waals surface area (Å²) in [5.41, 5.74) is 0.527.